The fourth-order valence-corrected chi connectivity index (χ4v) is 3.34. The first-order valence-electron chi connectivity index (χ1n) is 10.1. The van der Waals surface area contributed by atoms with E-state index < -0.39 is 0 Å². The first kappa shape index (κ1) is 25.6. The van der Waals surface area contributed by atoms with Crippen LogP contribution in [0.15, 0.2) is 0 Å². The smallest absolute Gasteiger partial charge is 0.0806 e. The molecule has 0 aliphatic carbocycles. The zero-order valence-corrected chi connectivity index (χ0v) is 17.9. The Morgan fingerprint density at radius 3 is 1.30 bits per heavy atom. The lowest BCUT2D eigenvalue weighted by atomic mass is 10.1. The summed E-state index contributed by atoms with van der Waals surface area (Å²) in [5, 5.41) is 9.16. The molecule has 0 fully saturated rings. The molecule has 0 aromatic rings. The zero-order chi connectivity index (χ0) is 16.5. The van der Waals surface area contributed by atoms with Crippen LogP contribution in [-0.4, -0.2) is 42.9 Å². The fraction of sp³-hybridized carbons (Fsp3) is 1.00. The highest BCUT2D eigenvalue weighted by molar-refractivity contribution is 4.49. The molecule has 0 saturated heterocycles. The molecule has 2 nitrogen and oxygen atoms in total. The van der Waals surface area contributed by atoms with Gasteiger partial charge in [-0.05, 0) is 25.7 Å². The standard InChI is InChI=1S/C20H44NO.BrH/c1-4-6-8-10-12-14-17-21(3,19-16-20-22)18-15-13-11-9-7-5-2;/h22H,4-20H2,1-3H3;1H/q+1;/p-1. The van der Waals surface area contributed by atoms with Crippen LogP contribution >= 0.6 is 0 Å². The molecule has 0 rings (SSSR count). The van der Waals surface area contributed by atoms with Gasteiger partial charge < -0.3 is 26.6 Å². The van der Waals surface area contributed by atoms with Crippen LogP contribution in [0.5, 0.6) is 0 Å². The van der Waals surface area contributed by atoms with E-state index in [4.69, 9.17) is 5.11 Å². The van der Waals surface area contributed by atoms with Gasteiger partial charge in [-0.15, -0.1) is 0 Å². The summed E-state index contributed by atoms with van der Waals surface area (Å²) in [5.74, 6) is 0. The van der Waals surface area contributed by atoms with E-state index in [0.717, 1.165) is 13.0 Å². The van der Waals surface area contributed by atoms with Gasteiger partial charge in [-0.1, -0.05) is 65.2 Å². The van der Waals surface area contributed by atoms with E-state index in [9.17, 15) is 0 Å². The topological polar surface area (TPSA) is 20.2 Å². The molecule has 0 aliphatic rings. The molecule has 0 spiro atoms. The lowest BCUT2D eigenvalue weighted by Crippen LogP contribution is -3.00. The molecule has 1 N–H and O–H groups in total. The minimum Gasteiger partial charge on any atom is -1.00 e. The maximum absolute atomic E-state index is 9.16. The van der Waals surface area contributed by atoms with Gasteiger partial charge in [-0.2, -0.15) is 0 Å². The minimum atomic E-state index is 0. The average molecular weight is 394 g/mol. The van der Waals surface area contributed by atoms with Crippen LogP contribution in [0.25, 0.3) is 0 Å². The lowest BCUT2D eigenvalue weighted by Gasteiger charge is -2.35. The van der Waals surface area contributed by atoms with Crippen molar-refractivity contribution in [3.05, 3.63) is 0 Å². The molecule has 0 bridgehead atoms. The van der Waals surface area contributed by atoms with E-state index in [-0.39, 0.29) is 17.0 Å². The molecular weight excluding hydrogens is 350 g/mol. The van der Waals surface area contributed by atoms with Crippen molar-refractivity contribution in [1.82, 2.24) is 0 Å². The Balaban J connectivity index is 0. The maximum Gasteiger partial charge on any atom is 0.0806 e. The van der Waals surface area contributed by atoms with Crippen molar-refractivity contribution in [2.24, 2.45) is 0 Å². The highest BCUT2D eigenvalue weighted by Crippen LogP contribution is 2.14. The van der Waals surface area contributed by atoms with Crippen molar-refractivity contribution in [3.63, 3.8) is 0 Å². The Labute approximate surface area is 157 Å². The number of rotatable bonds is 17. The SMILES string of the molecule is CCCCCCCC[N+](C)(CCCO)CCCCCCCC.[Br-]. The van der Waals surface area contributed by atoms with Crippen molar-refractivity contribution >= 4 is 0 Å². The van der Waals surface area contributed by atoms with Gasteiger partial charge in [0.2, 0.25) is 0 Å². The normalized spacial score (nSPS) is 11.5. The van der Waals surface area contributed by atoms with Gasteiger partial charge >= 0.3 is 0 Å². The van der Waals surface area contributed by atoms with Crippen LogP contribution in [0.1, 0.15) is 97.3 Å². The molecular formula is C20H44BrNO. The van der Waals surface area contributed by atoms with E-state index >= 15 is 0 Å². The summed E-state index contributed by atoms with van der Waals surface area (Å²) in [6, 6.07) is 0. The van der Waals surface area contributed by atoms with Gasteiger partial charge in [0.05, 0.1) is 26.7 Å². The second-order valence-electron chi connectivity index (χ2n) is 7.40. The molecule has 0 aromatic heterocycles. The molecule has 0 aliphatic heterocycles. The third-order valence-corrected chi connectivity index (χ3v) is 4.96. The Hall–Kier alpha value is 0.400. The van der Waals surface area contributed by atoms with Crippen LogP contribution in [0.4, 0.5) is 0 Å². The van der Waals surface area contributed by atoms with Gasteiger partial charge in [0.15, 0.2) is 0 Å². The summed E-state index contributed by atoms with van der Waals surface area (Å²) < 4.78 is 1.18. The second kappa shape index (κ2) is 18.7. The van der Waals surface area contributed by atoms with E-state index in [2.05, 4.69) is 20.9 Å². The van der Waals surface area contributed by atoms with E-state index in [1.807, 2.05) is 0 Å². The third-order valence-electron chi connectivity index (χ3n) is 4.96. The zero-order valence-electron chi connectivity index (χ0n) is 16.3. The summed E-state index contributed by atoms with van der Waals surface area (Å²) in [7, 11) is 2.41. The molecule has 0 amide bonds. The monoisotopic (exact) mass is 393 g/mol. The Morgan fingerprint density at radius 1 is 0.565 bits per heavy atom. The average Bonchev–Trinajstić information content (AvgIpc) is 2.52. The lowest BCUT2D eigenvalue weighted by molar-refractivity contribution is -0.910. The van der Waals surface area contributed by atoms with Crippen molar-refractivity contribution in [2.45, 2.75) is 97.3 Å². The van der Waals surface area contributed by atoms with E-state index in [1.54, 1.807) is 0 Å². The predicted octanol–water partition coefficient (Wildman–Crippen LogP) is 2.54. The molecule has 3 heteroatoms. The highest BCUT2D eigenvalue weighted by Gasteiger charge is 2.19. The van der Waals surface area contributed by atoms with Crippen molar-refractivity contribution in [2.75, 3.05) is 33.3 Å². The predicted molar refractivity (Wildman–Crippen MR) is 99.2 cm³/mol. The summed E-state index contributed by atoms with van der Waals surface area (Å²) in [5.41, 5.74) is 0. The first-order chi connectivity index (χ1) is 10.7. The highest BCUT2D eigenvalue weighted by atomic mass is 79.9. The van der Waals surface area contributed by atoms with Crippen molar-refractivity contribution < 1.29 is 26.6 Å². The first-order valence-corrected chi connectivity index (χ1v) is 10.1. The number of quaternary nitrogens is 1. The maximum atomic E-state index is 9.16. The number of aliphatic hydroxyl groups is 1. The summed E-state index contributed by atoms with van der Waals surface area (Å²) >= 11 is 0. The van der Waals surface area contributed by atoms with Crippen LogP contribution in [-0.2, 0) is 0 Å². The van der Waals surface area contributed by atoms with Gasteiger partial charge in [0.25, 0.3) is 0 Å². The van der Waals surface area contributed by atoms with Gasteiger partial charge in [0, 0.05) is 13.0 Å². The molecule has 0 aromatic carbocycles. The van der Waals surface area contributed by atoms with Crippen LogP contribution in [0.2, 0.25) is 0 Å². The molecule has 0 radical (unpaired) electrons. The summed E-state index contributed by atoms with van der Waals surface area (Å²) in [6.45, 7) is 8.68. The summed E-state index contributed by atoms with van der Waals surface area (Å²) in [4.78, 5) is 0. The Morgan fingerprint density at radius 2 is 0.913 bits per heavy atom. The molecule has 0 unspecified atom stereocenters. The Bertz CT molecular complexity index is 208. The van der Waals surface area contributed by atoms with Crippen LogP contribution < -0.4 is 17.0 Å². The number of halogens is 1. The Kier molecular flexibility index (Phi) is 20.9. The summed E-state index contributed by atoms with van der Waals surface area (Å²) in [6.07, 6.45) is 17.6. The number of unbranched alkanes of at least 4 members (excludes halogenated alkanes) is 10. The van der Waals surface area contributed by atoms with Crippen molar-refractivity contribution in [3.8, 4) is 0 Å². The van der Waals surface area contributed by atoms with E-state index in [0.29, 0.717) is 6.61 Å². The number of hydrogen-bond donors (Lipinski definition) is 1. The van der Waals surface area contributed by atoms with Crippen molar-refractivity contribution in [1.29, 1.82) is 0 Å². The number of hydrogen-bond acceptors (Lipinski definition) is 1. The molecule has 0 heterocycles. The second-order valence-corrected chi connectivity index (χ2v) is 7.40. The van der Waals surface area contributed by atoms with Gasteiger partial charge in [0.1, 0.15) is 0 Å². The molecule has 0 atom stereocenters. The molecule has 142 valence electrons. The third kappa shape index (κ3) is 17.0. The molecule has 23 heavy (non-hydrogen) atoms. The van der Waals surface area contributed by atoms with E-state index in [1.165, 1.54) is 94.6 Å². The quantitative estimate of drug-likeness (QED) is 0.297. The minimum absolute atomic E-state index is 0. The largest absolute Gasteiger partial charge is 1.00 e. The fourth-order valence-electron chi connectivity index (χ4n) is 3.34. The van der Waals surface area contributed by atoms with Gasteiger partial charge in [-0.25, -0.2) is 0 Å². The number of nitrogens with zero attached hydrogens (tertiary/aromatic N) is 1. The van der Waals surface area contributed by atoms with Crippen LogP contribution in [0, 0.1) is 0 Å². The molecule has 0 saturated carbocycles. The van der Waals surface area contributed by atoms with Crippen LogP contribution in [0.3, 0.4) is 0 Å². The number of aliphatic hydroxyl groups excluding tert-OH is 1. The van der Waals surface area contributed by atoms with Gasteiger partial charge in [-0.3, -0.25) is 0 Å².